The molecule has 1 aliphatic rings. The molecular weight excluding hydrogens is 343 g/mol. The molecule has 3 heterocycles. The van der Waals surface area contributed by atoms with Gasteiger partial charge in [-0.05, 0) is 21.7 Å². The molecule has 0 aromatic carbocycles. The van der Waals surface area contributed by atoms with Crippen LogP contribution in [0.5, 0.6) is 0 Å². The zero-order chi connectivity index (χ0) is 18.0. The predicted molar refractivity (Wildman–Crippen MR) is 76.8 cm³/mol. The summed E-state index contributed by atoms with van der Waals surface area (Å²) in [5, 5.41) is 22.0. The van der Waals surface area contributed by atoms with E-state index in [2.05, 4.69) is 30.9 Å². The fourth-order valence-corrected chi connectivity index (χ4v) is 2.32. The molecule has 0 amide bonds. The molecule has 2 aromatic rings. The van der Waals surface area contributed by atoms with Gasteiger partial charge in [-0.3, -0.25) is 4.90 Å². The highest BCUT2D eigenvalue weighted by atomic mass is 19.4. The van der Waals surface area contributed by atoms with Gasteiger partial charge in [-0.2, -0.15) is 18.0 Å². The Labute approximate surface area is 139 Å². The van der Waals surface area contributed by atoms with Crippen LogP contribution < -0.4 is 4.90 Å². The molecule has 0 aliphatic carbocycles. The summed E-state index contributed by atoms with van der Waals surface area (Å²) in [6.45, 7) is -0.0246. The molecule has 0 saturated carbocycles. The average Bonchev–Trinajstić information content (AvgIpc) is 3.15. The molecule has 0 fully saturated rings. The van der Waals surface area contributed by atoms with Gasteiger partial charge in [0, 0.05) is 7.05 Å². The van der Waals surface area contributed by atoms with Crippen LogP contribution >= 0.6 is 0 Å². The van der Waals surface area contributed by atoms with Gasteiger partial charge >= 0.3 is 6.18 Å². The van der Waals surface area contributed by atoms with E-state index in [0.717, 1.165) is 15.7 Å². The van der Waals surface area contributed by atoms with Crippen molar-refractivity contribution in [3.63, 3.8) is 0 Å². The van der Waals surface area contributed by atoms with E-state index in [1.54, 1.807) is 13.1 Å². The number of hydrogen-bond donors (Lipinski definition) is 0. The minimum absolute atomic E-state index is 0.0220. The summed E-state index contributed by atoms with van der Waals surface area (Å²) in [7, 11) is 3.06. The number of aryl methyl sites for hydroxylation is 2. The van der Waals surface area contributed by atoms with Crippen LogP contribution in [0.4, 0.5) is 19.1 Å². The number of aromatic nitrogens is 8. The highest BCUT2D eigenvalue weighted by Crippen LogP contribution is 2.34. The summed E-state index contributed by atoms with van der Waals surface area (Å²) in [6, 6.07) is -0.747. The molecular formula is C12H14F3N9O. The highest BCUT2D eigenvalue weighted by molar-refractivity contribution is 5.49. The fourth-order valence-electron chi connectivity index (χ4n) is 2.32. The second-order valence-electron chi connectivity index (χ2n) is 5.18. The first-order valence-electron chi connectivity index (χ1n) is 7.14. The van der Waals surface area contributed by atoms with E-state index in [1.165, 1.54) is 17.9 Å². The van der Waals surface area contributed by atoms with Gasteiger partial charge in [-0.1, -0.05) is 17.3 Å². The van der Waals surface area contributed by atoms with Gasteiger partial charge in [0.2, 0.25) is 5.95 Å². The summed E-state index contributed by atoms with van der Waals surface area (Å²) >= 11 is 0. The van der Waals surface area contributed by atoms with Crippen LogP contribution in [0, 0.1) is 0 Å². The van der Waals surface area contributed by atoms with Crippen LogP contribution in [-0.4, -0.2) is 59.2 Å². The second-order valence-corrected chi connectivity index (χ2v) is 5.18. The van der Waals surface area contributed by atoms with Crippen LogP contribution in [0.2, 0.25) is 0 Å². The first kappa shape index (κ1) is 17.0. The number of alkyl halides is 3. The summed E-state index contributed by atoms with van der Waals surface area (Å²) in [5.74, 6) is 0.292. The summed E-state index contributed by atoms with van der Waals surface area (Å²) < 4.78 is 46.8. The van der Waals surface area contributed by atoms with E-state index in [9.17, 15) is 13.2 Å². The van der Waals surface area contributed by atoms with E-state index in [-0.39, 0.29) is 19.2 Å². The Kier molecular flexibility index (Phi) is 4.48. The Hall–Kier alpha value is -2.83. The molecule has 0 bridgehead atoms. The maximum absolute atomic E-state index is 13.4. The van der Waals surface area contributed by atoms with Crippen molar-refractivity contribution < 1.29 is 17.9 Å². The van der Waals surface area contributed by atoms with Crippen LogP contribution in [0.15, 0.2) is 23.9 Å². The Balaban J connectivity index is 1.78. The van der Waals surface area contributed by atoms with Crippen molar-refractivity contribution in [2.75, 3.05) is 11.5 Å². The van der Waals surface area contributed by atoms with Gasteiger partial charge < -0.3 is 4.74 Å². The van der Waals surface area contributed by atoms with E-state index >= 15 is 0 Å². The van der Waals surface area contributed by atoms with Gasteiger partial charge in [-0.25, -0.2) is 4.68 Å². The second kappa shape index (κ2) is 6.58. The standard InChI is InChI=1S/C12H14F3N9O/c1-22-11(17-19-21-22)24-8(4-3-5-9(24)12(13,14)15)6-25-7-10-16-20-23(2)18-10/h3-5,8H,6-7H2,1-2H3. The van der Waals surface area contributed by atoms with E-state index in [1.807, 2.05) is 0 Å². The van der Waals surface area contributed by atoms with Crippen LogP contribution in [-0.2, 0) is 25.4 Å². The number of allylic oxidation sites excluding steroid dienone is 3. The van der Waals surface area contributed by atoms with Crippen molar-refractivity contribution in [2.24, 2.45) is 14.1 Å². The maximum Gasteiger partial charge on any atom is 0.431 e. The summed E-state index contributed by atoms with van der Waals surface area (Å²) in [4.78, 5) is 2.26. The molecule has 3 rings (SSSR count). The molecule has 134 valence electrons. The van der Waals surface area contributed by atoms with Crippen molar-refractivity contribution in [2.45, 2.75) is 18.8 Å². The highest BCUT2D eigenvalue weighted by Gasteiger charge is 2.42. The Morgan fingerprint density at radius 3 is 2.60 bits per heavy atom. The van der Waals surface area contributed by atoms with E-state index in [0.29, 0.717) is 5.82 Å². The molecule has 1 unspecified atom stereocenters. The third-order valence-corrected chi connectivity index (χ3v) is 3.35. The number of halogens is 3. The lowest BCUT2D eigenvalue weighted by Gasteiger charge is -2.34. The summed E-state index contributed by atoms with van der Waals surface area (Å²) in [6.07, 6.45) is -0.692. The molecule has 0 saturated heterocycles. The molecule has 10 nitrogen and oxygen atoms in total. The molecule has 2 aromatic heterocycles. The minimum atomic E-state index is -4.57. The van der Waals surface area contributed by atoms with Gasteiger partial charge in [0.05, 0.1) is 19.7 Å². The van der Waals surface area contributed by atoms with Crippen molar-refractivity contribution >= 4 is 5.95 Å². The van der Waals surface area contributed by atoms with Crippen molar-refractivity contribution in [3.8, 4) is 0 Å². The number of anilines is 1. The van der Waals surface area contributed by atoms with Gasteiger partial charge in [0.25, 0.3) is 0 Å². The van der Waals surface area contributed by atoms with Crippen LogP contribution in [0.25, 0.3) is 0 Å². The SMILES string of the molecule is Cn1nnc(COCC2C=CC=C(C(F)(F)F)N2c2nnnn2C)n1. The van der Waals surface area contributed by atoms with Crippen LogP contribution in [0.3, 0.4) is 0 Å². The molecule has 1 atom stereocenters. The molecule has 1 aliphatic heterocycles. The molecule has 0 spiro atoms. The maximum atomic E-state index is 13.4. The first-order chi connectivity index (χ1) is 11.9. The van der Waals surface area contributed by atoms with Crippen LogP contribution in [0.1, 0.15) is 5.82 Å². The Morgan fingerprint density at radius 2 is 2.00 bits per heavy atom. The normalized spacial score (nSPS) is 17.9. The zero-order valence-electron chi connectivity index (χ0n) is 13.3. The number of nitrogens with zero attached hydrogens (tertiary/aromatic N) is 9. The Bertz CT molecular complexity index is 794. The average molecular weight is 357 g/mol. The number of hydrogen-bond acceptors (Lipinski definition) is 8. The van der Waals surface area contributed by atoms with Gasteiger partial charge in [0.15, 0.2) is 5.82 Å². The largest absolute Gasteiger partial charge is 0.431 e. The lowest BCUT2D eigenvalue weighted by molar-refractivity contribution is -0.0946. The third kappa shape index (κ3) is 3.65. The lowest BCUT2D eigenvalue weighted by atomic mass is 10.1. The van der Waals surface area contributed by atoms with Crippen molar-refractivity contribution in [1.29, 1.82) is 0 Å². The predicted octanol–water partition coefficient (Wildman–Crippen LogP) is 0.141. The number of rotatable bonds is 5. The topological polar surface area (TPSA) is 99.7 Å². The number of tetrazole rings is 2. The minimum Gasteiger partial charge on any atom is -0.371 e. The lowest BCUT2D eigenvalue weighted by Crippen LogP contribution is -2.44. The van der Waals surface area contributed by atoms with E-state index < -0.39 is 17.9 Å². The van der Waals surface area contributed by atoms with Crippen molar-refractivity contribution in [3.05, 3.63) is 29.7 Å². The van der Waals surface area contributed by atoms with Gasteiger partial charge in [0.1, 0.15) is 12.3 Å². The summed E-state index contributed by atoms with van der Waals surface area (Å²) in [5.41, 5.74) is -0.876. The first-order valence-corrected chi connectivity index (χ1v) is 7.14. The monoisotopic (exact) mass is 357 g/mol. The quantitative estimate of drug-likeness (QED) is 0.745. The molecule has 0 N–H and O–H groups in total. The smallest absolute Gasteiger partial charge is 0.371 e. The van der Waals surface area contributed by atoms with E-state index in [4.69, 9.17) is 4.74 Å². The molecule has 13 heteroatoms. The Morgan fingerprint density at radius 1 is 1.20 bits per heavy atom. The van der Waals surface area contributed by atoms with Gasteiger partial charge in [-0.15, -0.1) is 10.2 Å². The molecule has 25 heavy (non-hydrogen) atoms. The van der Waals surface area contributed by atoms with Crippen molar-refractivity contribution in [1.82, 2.24) is 40.4 Å². The third-order valence-electron chi connectivity index (χ3n) is 3.35. The zero-order valence-corrected chi connectivity index (χ0v) is 13.3. The molecule has 0 radical (unpaired) electrons. The number of ether oxygens (including phenoxy) is 1. The fraction of sp³-hybridized carbons (Fsp3) is 0.500.